The molecule has 0 atom stereocenters. The molecule has 1 N–H and O–H groups in total. The summed E-state index contributed by atoms with van der Waals surface area (Å²) in [4.78, 5) is 19.9. The van der Waals surface area contributed by atoms with Crippen LogP contribution in [0.5, 0.6) is 5.19 Å². The van der Waals surface area contributed by atoms with Gasteiger partial charge in [0.25, 0.3) is 11.1 Å². The first-order valence-corrected chi connectivity index (χ1v) is 12.4. The number of nitrogens with one attached hydrogen (secondary N) is 1. The molecule has 1 aromatic heterocycles. The molecular weight excluding hydrogens is 436 g/mol. The number of nitrogens with zero attached hydrogens (tertiary/aromatic N) is 2. The Kier molecular flexibility index (Phi) is 6.44. The van der Waals surface area contributed by atoms with E-state index in [0.717, 1.165) is 62.3 Å². The van der Waals surface area contributed by atoms with E-state index in [0.29, 0.717) is 10.6 Å². The number of ether oxygens (including phenoxy) is 2. The molecule has 1 spiro atoms. The zero-order valence-corrected chi connectivity index (χ0v) is 20.3. The Labute approximate surface area is 193 Å². The molecule has 0 unspecified atom stereocenters. The molecule has 0 saturated heterocycles. The summed E-state index contributed by atoms with van der Waals surface area (Å²) in [5.41, 5.74) is 0.956. The van der Waals surface area contributed by atoms with E-state index < -0.39 is 18.1 Å². The van der Waals surface area contributed by atoms with Crippen LogP contribution in [0.1, 0.15) is 70.4 Å². The molecule has 6 nitrogen and oxygen atoms in total. The summed E-state index contributed by atoms with van der Waals surface area (Å²) in [5.74, 6) is -2.09. The first-order valence-electron chi connectivity index (χ1n) is 11.6. The number of hydrogen-bond acceptors (Lipinski definition) is 6. The molecular formula is C23H35F2N3O3S. The predicted molar refractivity (Wildman–Crippen MR) is 119 cm³/mol. The van der Waals surface area contributed by atoms with Gasteiger partial charge in [0.15, 0.2) is 6.61 Å². The van der Waals surface area contributed by atoms with Gasteiger partial charge in [-0.05, 0) is 77.2 Å². The Hall–Kier alpha value is -1.48. The molecule has 3 aliphatic rings. The summed E-state index contributed by atoms with van der Waals surface area (Å²) in [7, 11) is 0. The van der Waals surface area contributed by atoms with Gasteiger partial charge >= 0.3 is 6.09 Å². The van der Waals surface area contributed by atoms with Crippen LogP contribution in [0.3, 0.4) is 0 Å². The van der Waals surface area contributed by atoms with E-state index in [1.807, 2.05) is 20.8 Å². The number of fused-ring (bicyclic) bond motifs is 1. The predicted octanol–water partition coefficient (Wildman–Crippen LogP) is 5.01. The second kappa shape index (κ2) is 8.70. The molecule has 180 valence electrons. The normalized spacial score (nSPS) is 27.9. The minimum atomic E-state index is -2.84. The van der Waals surface area contributed by atoms with Gasteiger partial charge < -0.3 is 14.8 Å². The van der Waals surface area contributed by atoms with E-state index >= 15 is 0 Å². The molecule has 1 amide bonds. The summed E-state index contributed by atoms with van der Waals surface area (Å²) >= 11 is 1.40. The van der Waals surface area contributed by atoms with Crippen LogP contribution in [0.15, 0.2) is 0 Å². The number of thiazole rings is 1. The van der Waals surface area contributed by atoms with Crippen molar-refractivity contribution >= 4 is 17.4 Å². The average molecular weight is 472 g/mol. The molecule has 32 heavy (non-hydrogen) atoms. The molecule has 9 heteroatoms. The second-order valence-electron chi connectivity index (χ2n) is 11.0. The minimum absolute atomic E-state index is 0.250. The van der Waals surface area contributed by atoms with Crippen molar-refractivity contribution in [1.82, 2.24) is 15.2 Å². The van der Waals surface area contributed by atoms with Crippen molar-refractivity contribution in [3.8, 4) is 5.19 Å². The summed E-state index contributed by atoms with van der Waals surface area (Å²) in [6.45, 7) is 8.67. The summed E-state index contributed by atoms with van der Waals surface area (Å²) in [6.07, 6.45) is 6.40. The number of carbonyl (C=O) groups is 1. The van der Waals surface area contributed by atoms with Crippen molar-refractivity contribution < 1.29 is 23.0 Å². The highest BCUT2D eigenvalue weighted by Crippen LogP contribution is 2.59. The van der Waals surface area contributed by atoms with Gasteiger partial charge in [-0.15, -0.1) is 0 Å². The van der Waals surface area contributed by atoms with Gasteiger partial charge in [-0.25, -0.2) is 18.6 Å². The van der Waals surface area contributed by atoms with Gasteiger partial charge in [-0.3, -0.25) is 4.90 Å². The highest BCUT2D eigenvalue weighted by molar-refractivity contribution is 7.13. The molecule has 1 aliphatic heterocycles. The summed E-state index contributed by atoms with van der Waals surface area (Å²) in [5, 5.41) is 3.36. The molecule has 2 heterocycles. The van der Waals surface area contributed by atoms with Crippen LogP contribution >= 0.6 is 11.3 Å². The van der Waals surface area contributed by atoms with Gasteiger partial charge in [0, 0.05) is 30.9 Å². The fraction of sp³-hybridized carbons (Fsp3) is 0.826. The lowest BCUT2D eigenvalue weighted by Gasteiger charge is -2.58. The van der Waals surface area contributed by atoms with Gasteiger partial charge in [-0.1, -0.05) is 11.3 Å². The molecule has 2 aliphatic carbocycles. The van der Waals surface area contributed by atoms with Gasteiger partial charge in [0.2, 0.25) is 0 Å². The monoisotopic (exact) mass is 471 g/mol. The molecule has 0 aromatic carbocycles. The van der Waals surface area contributed by atoms with Gasteiger partial charge in [0.1, 0.15) is 5.60 Å². The Morgan fingerprint density at radius 2 is 1.97 bits per heavy atom. The Morgan fingerprint density at radius 3 is 2.62 bits per heavy atom. The Bertz CT molecular complexity index is 819. The van der Waals surface area contributed by atoms with Crippen molar-refractivity contribution in [2.24, 2.45) is 11.3 Å². The number of aromatic nitrogens is 1. The molecule has 2 fully saturated rings. The topological polar surface area (TPSA) is 63.7 Å². The van der Waals surface area contributed by atoms with E-state index in [9.17, 15) is 13.6 Å². The van der Waals surface area contributed by atoms with Gasteiger partial charge in [0.05, 0.1) is 5.69 Å². The fourth-order valence-electron chi connectivity index (χ4n) is 5.30. The van der Waals surface area contributed by atoms with Crippen LogP contribution in [0.25, 0.3) is 0 Å². The van der Waals surface area contributed by atoms with E-state index in [2.05, 4.69) is 15.2 Å². The highest BCUT2D eigenvalue weighted by Gasteiger charge is 2.53. The number of alkyl halides is 2. The third-order valence-electron chi connectivity index (χ3n) is 6.61. The number of amides is 1. The lowest BCUT2D eigenvalue weighted by molar-refractivity contribution is -0.0559. The first kappa shape index (κ1) is 23.7. The van der Waals surface area contributed by atoms with Crippen LogP contribution in [-0.2, 0) is 17.7 Å². The maximum Gasteiger partial charge on any atom is 0.407 e. The van der Waals surface area contributed by atoms with Crippen LogP contribution in [-0.4, -0.2) is 53.2 Å². The maximum atomic E-state index is 13.0. The molecule has 0 radical (unpaired) electrons. The quantitative estimate of drug-likeness (QED) is 0.606. The highest BCUT2D eigenvalue weighted by atomic mass is 32.1. The van der Waals surface area contributed by atoms with Crippen molar-refractivity contribution in [3.63, 3.8) is 0 Å². The lowest BCUT2D eigenvalue weighted by Crippen LogP contribution is -2.56. The molecule has 2 saturated carbocycles. The molecule has 1 aromatic rings. The molecule has 0 bridgehead atoms. The zero-order chi connectivity index (χ0) is 23.1. The Balaban J connectivity index is 1.13. The third-order valence-corrected chi connectivity index (χ3v) is 7.68. The lowest BCUT2D eigenvalue weighted by atomic mass is 9.49. The van der Waals surface area contributed by atoms with Crippen LogP contribution < -0.4 is 10.1 Å². The van der Waals surface area contributed by atoms with Crippen molar-refractivity contribution in [2.75, 3.05) is 19.7 Å². The van der Waals surface area contributed by atoms with Crippen molar-refractivity contribution in [3.05, 3.63) is 10.6 Å². The number of alkyl carbamates (subject to hydrolysis) is 1. The number of carbonyl (C=O) groups excluding carboxylic acids is 1. The van der Waals surface area contributed by atoms with E-state index in [1.54, 1.807) is 0 Å². The van der Waals surface area contributed by atoms with Crippen molar-refractivity contribution in [2.45, 2.75) is 90.3 Å². The van der Waals surface area contributed by atoms with Crippen LogP contribution in [0.4, 0.5) is 13.6 Å². The van der Waals surface area contributed by atoms with E-state index in [1.165, 1.54) is 30.6 Å². The zero-order valence-electron chi connectivity index (χ0n) is 19.5. The van der Waals surface area contributed by atoms with Crippen molar-refractivity contribution in [1.29, 1.82) is 0 Å². The molecule has 4 rings (SSSR count). The largest absolute Gasteiger partial charge is 0.464 e. The smallest absolute Gasteiger partial charge is 0.407 e. The number of halogens is 2. The fourth-order valence-corrected chi connectivity index (χ4v) is 6.21. The van der Waals surface area contributed by atoms with Gasteiger partial charge in [-0.2, -0.15) is 0 Å². The maximum absolute atomic E-state index is 13.0. The van der Waals surface area contributed by atoms with E-state index in [4.69, 9.17) is 9.47 Å². The number of hydrogen-bond donors (Lipinski definition) is 1. The second-order valence-corrected chi connectivity index (χ2v) is 12.1. The Morgan fingerprint density at radius 1 is 1.25 bits per heavy atom. The third kappa shape index (κ3) is 6.10. The minimum Gasteiger partial charge on any atom is -0.464 e. The summed E-state index contributed by atoms with van der Waals surface area (Å²) < 4.78 is 36.5. The van der Waals surface area contributed by atoms with E-state index in [-0.39, 0.29) is 12.1 Å². The SMILES string of the molecule is CC(F)(F)COc1nc2c(s1)CCN(CCC1CC3(C1)CC(NC(=O)OC(C)(C)C)C3)C2. The standard InChI is InChI=1S/C23H35F2N3O3S/c1-21(2,3)31-19(29)26-16-11-23(12-16)9-15(10-23)5-7-28-8-6-18-17(13-28)27-20(32-18)30-14-22(4,24)25/h15-16H,5-14H2,1-4H3,(H,26,29). The average Bonchev–Trinajstić information content (AvgIpc) is 3.00. The van der Waals surface area contributed by atoms with Crippen LogP contribution in [0, 0.1) is 11.3 Å². The number of rotatable bonds is 7. The van der Waals surface area contributed by atoms with Crippen LogP contribution in [0.2, 0.25) is 0 Å². The summed E-state index contributed by atoms with van der Waals surface area (Å²) in [6, 6.07) is 0.250. The first-order chi connectivity index (χ1) is 14.9.